The summed E-state index contributed by atoms with van der Waals surface area (Å²) in [7, 11) is 2.22. The lowest BCUT2D eigenvalue weighted by Crippen LogP contribution is -2.34. The van der Waals surface area contributed by atoms with Crippen LogP contribution in [0.5, 0.6) is 0 Å². The molecule has 2 unspecified atom stereocenters. The van der Waals surface area contributed by atoms with Gasteiger partial charge in [-0.2, -0.15) is 0 Å². The molecule has 2 N–H and O–H groups in total. The summed E-state index contributed by atoms with van der Waals surface area (Å²) in [4.78, 5) is 2.43. The normalized spacial score (nSPS) is 24.2. The zero-order chi connectivity index (χ0) is 11.5. The van der Waals surface area contributed by atoms with Crippen molar-refractivity contribution in [2.45, 2.75) is 25.7 Å². The van der Waals surface area contributed by atoms with Gasteiger partial charge in [0, 0.05) is 12.2 Å². The molecule has 1 heterocycles. The number of nitrogen functional groups attached to an aromatic ring is 1. The molecule has 2 atom stereocenters. The summed E-state index contributed by atoms with van der Waals surface area (Å²) >= 11 is 0. The second-order valence-corrected chi connectivity index (χ2v) is 5.08. The molecule has 0 aliphatic carbocycles. The van der Waals surface area contributed by atoms with E-state index in [0.29, 0.717) is 5.92 Å². The summed E-state index contributed by atoms with van der Waals surface area (Å²) in [6.07, 6.45) is 2.65. The van der Waals surface area contributed by atoms with Crippen LogP contribution in [0.15, 0.2) is 24.3 Å². The quantitative estimate of drug-likeness (QED) is 0.773. The number of likely N-dealkylation sites (tertiary alicyclic amines) is 1. The van der Waals surface area contributed by atoms with Crippen LogP contribution in [-0.4, -0.2) is 25.0 Å². The zero-order valence-corrected chi connectivity index (χ0v) is 10.3. The van der Waals surface area contributed by atoms with E-state index in [1.807, 2.05) is 12.1 Å². The summed E-state index contributed by atoms with van der Waals surface area (Å²) in [6.45, 7) is 4.76. The summed E-state index contributed by atoms with van der Waals surface area (Å²) in [6, 6.07) is 8.29. The van der Waals surface area contributed by atoms with Crippen molar-refractivity contribution in [1.29, 1.82) is 0 Å². The summed E-state index contributed by atoms with van der Waals surface area (Å²) < 4.78 is 0. The maximum atomic E-state index is 6.05. The fourth-order valence-corrected chi connectivity index (χ4v) is 2.79. The number of piperidine rings is 1. The SMILES string of the molecule is CC(c1ccccc1N)C1CCCN(C)C1. The van der Waals surface area contributed by atoms with Gasteiger partial charge in [-0.05, 0) is 49.9 Å². The number of hydrogen-bond acceptors (Lipinski definition) is 2. The zero-order valence-electron chi connectivity index (χ0n) is 10.3. The Bertz CT molecular complexity index is 348. The first kappa shape index (κ1) is 11.5. The highest BCUT2D eigenvalue weighted by molar-refractivity contribution is 5.48. The van der Waals surface area contributed by atoms with Gasteiger partial charge in [0.2, 0.25) is 0 Å². The molecule has 2 nitrogen and oxygen atoms in total. The molecule has 88 valence electrons. The van der Waals surface area contributed by atoms with E-state index in [2.05, 4.69) is 31.0 Å². The van der Waals surface area contributed by atoms with E-state index >= 15 is 0 Å². The van der Waals surface area contributed by atoms with Gasteiger partial charge >= 0.3 is 0 Å². The second-order valence-electron chi connectivity index (χ2n) is 5.08. The third-order valence-corrected chi connectivity index (χ3v) is 3.85. The highest BCUT2D eigenvalue weighted by atomic mass is 15.1. The smallest absolute Gasteiger partial charge is 0.0349 e. The van der Waals surface area contributed by atoms with E-state index in [4.69, 9.17) is 5.73 Å². The molecule has 1 aliphatic rings. The van der Waals surface area contributed by atoms with Gasteiger partial charge < -0.3 is 10.6 Å². The molecule has 2 rings (SSSR count). The van der Waals surface area contributed by atoms with Crippen LogP contribution in [0, 0.1) is 5.92 Å². The van der Waals surface area contributed by atoms with Crippen LogP contribution in [-0.2, 0) is 0 Å². The minimum absolute atomic E-state index is 0.573. The predicted octanol–water partition coefficient (Wildman–Crippen LogP) is 2.71. The second kappa shape index (κ2) is 4.88. The maximum Gasteiger partial charge on any atom is 0.0349 e. The fourth-order valence-electron chi connectivity index (χ4n) is 2.79. The van der Waals surface area contributed by atoms with Gasteiger partial charge in [-0.15, -0.1) is 0 Å². The molecule has 16 heavy (non-hydrogen) atoms. The summed E-state index contributed by atoms with van der Waals surface area (Å²) in [5.41, 5.74) is 8.32. The number of rotatable bonds is 2. The molecule has 0 aromatic heterocycles. The average molecular weight is 218 g/mol. The van der Waals surface area contributed by atoms with Gasteiger partial charge in [0.15, 0.2) is 0 Å². The van der Waals surface area contributed by atoms with Gasteiger partial charge in [0.25, 0.3) is 0 Å². The van der Waals surface area contributed by atoms with Crippen molar-refractivity contribution in [3.63, 3.8) is 0 Å². The Morgan fingerprint density at radius 3 is 2.81 bits per heavy atom. The topological polar surface area (TPSA) is 29.3 Å². The first-order valence-electron chi connectivity index (χ1n) is 6.21. The third kappa shape index (κ3) is 2.38. The standard InChI is InChI=1S/C14H22N2/c1-11(12-6-5-9-16(2)10-12)13-7-3-4-8-14(13)15/h3-4,7-8,11-12H,5-6,9-10,15H2,1-2H3. The number of anilines is 1. The van der Waals surface area contributed by atoms with Crippen molar-refractivity contribution in [1.82, 2.24) is 4.90 Å². The highest BCUT2D eigenvalue weighted by Crippen LogP contribution is 2.33. The Kier molecular flexibility index (Phi) is 3.49. The van der Waals surface area contributed by atoms with E-state index < -0.39 is 0 Å². The predicted molar refractivity (Wildman–Crippen MR) is 69.5 cm³/mol. The number of hydrogen-bond donors (Lipinski definition) is 1. The minimum Gasteiger partial charge on any atom is -0.398 e. The molecule has 1 saturated heterocycles. The van der Waals surface area contributed by atoms with Crippen molar-refractivity contribution in [2.24, 2.45) is 5.92 Å². The van der Waals surface area contributed by atoms with Gasteiger partial charge in [-0.1, -0.05) is 25.1 Å². The van der Waals surface area contributed by atoms with Crippen molar-refractivity contribution in [2.75, 3.05) is 25.9 Å². The molecule has 1 fully saturated rings. The van der Waals surface area contributed by atoms with Crippen LogP contribution in [0.25, 0.3) is 0 Å². The van der Waals surface area contributed by atoms with Crippen molar-refractivity contribution >= 4 is 5.69 Å². The molecule has 0 saturated carbocycles. The van der Waals surface area contributed by atoms with E-state index in [1.54, 1.807) is 0 Å². The lowest BCUT2D eigenvalue weighted by molar-refractivity contribution is 0.192. The van der Waals surface area contributed by atoms with Gasteiger partial charge in [0.05, 0.1) is 0 Å². The Morgan fingerprint density at radius 2 is 2.12 bits per heavy atom. The Morgan fingerprint density at radius 1 is 1.38 bits per heavy atom. The molecule has 1 aromatic carbocycles. The Hall–Kier alpha value is -1.02. The number of benzene rings is 1. The number of nitrogens with two attached hydrogens (primary N) is 1. The third-order valence-electron chi connectivity index (χ3n) is 3.85. The first-order valence-corrected chi connectivity index (χ1v) is 6.21. The van der Waals surface area contributed by atoms with E-state index in [9.17, 15) is 0 Å². The average Bonchev–Trinajstić information content (AvgIpc) is 2.29. The lowest BCUT2D eigenvalue weighted by atomic mass is 9.82. The van der Waals surface area contributed by atoms with Crippen molar-refractivity contribution < 1.29 is 0 Å². The first-order chi connectivity index (χ1) is 7.68. The fraction of sp³-hybridized carbons (Fsp3) is 0.571. The van der Waals surface area contributed by atoms with Crippen LogP contribution in [0.3, 0.4) is 0 Å². The van der Waals surface area contributed by atoms with Crippen LogP contribution < -0.4 is 5.73 Å². The number of para-hydroxylation sites is 1. The van der Waals surface area contributed by atoms with Crippen molar-refractivity contribution in [3.05, 3.63) is 29.8 Å². The molecule has 2 heteroatoms. The number of nitrogens with zero attached hydrogens (tertiary/aromatic N) is 1. The Balaban J connectivity index is 2.12. The molecule has 1 aliphatic heterocycles. The molecule has 1 aromatic rings. The Labute approximate surface area is 98.4 Å². The van der Waals surface area contributed by atoms with E-state index in [0.717, 1.165) is 11.6 Å². The molecule has 0 radical (unpaired) electrons. The van der Waals surface area contributed by atoms with Crippen molar-refractivity contribution in [3.8, 4) is 0 Å². The van der Waals surface area contributed by atoms with Gasteiger partial charge in [-0.25, -0.2) is 0 Å². The maximum absolute atomic E-state index is 6.05. The van der Waals surface area contributed by atoms with Crippen LogP contribution >= 0.6 is 0 Å². The van der Waals surface area contributed by atoms with E-state index in [1.165, 1.54) is 31.5 Å². The molecular formula is C14H22N2. The summed E-state index contributed by atoms with van der Waals surface area (Å²) in [5.74, 6) is 1.33. The van der Waals surface area contributed by atoms with E-state index in [-0.39, 0.29) is 0 Å². The van der Waals surface area contributed by atoms with Crippen LogP contribution in [0.2, 0.25) is 0 Å². The summed E-state index contributed by atoms with van der Waals surface area (Å²) in [5, 5.41) is 0. The molecule has 0 bridgehead atoms. The molecule has 0 spiro atoms. The van der Waals surface area contributed by atoms with Gasteiger partial charge in [-0.3, -0.25) is 0 Å². The van der Waals surface area contributed by atoms with Gasteiger partial charge in [0.1, 0.15) is 0 Å². The van der Waals surface area contributed by atoms with Crippen LogP contribution in [0.4, 0.5) is 5.69 Å². The largest absolute Gasteiger partial charge is 0.398 e. The molecular weight excluding hydrogens is 196 g/mol. The minimum atomic E-state index is 0.573. The van der Waals surface area contributed by atoms with Crippen LogP contribution in [0.1, 0.15) is 31.2 Å². The monoisotopic (exact) mass is 218 g/mol. The molecule has 0 amide bonds. The highest BCUT2D eigenvalue weighted by Gasteiger charge is 2.24. The lowest BCUT2D eigenvalue weighted by Gasteiger charge is -2.34.